The van der Waals surface area contributed by atoms with Gasteiger partial charge in [-0.3, -0.25) is 4.79 Å². The molecule has 2 aromatic rings. The highest BCUT2D eigenvalue weighted by atomic mass is 16.1. The molecule has 0 bridgehead atoms. The highest BCUT2D eigenvalue weighted by Crippen LogP contribution is 2.26. The van der Waals surface area contributed by atoms with Crippen LogP contribution in [0.15, 0.2) is 42.5 Å². The van der Waals surface area contributed by atoms with Gasteiger partial charge >= 0.3 is 0 Å². The molecule has 0 aliphatic heterocycles. The molecule has 0 radical (unpaired) electrons. The topological polar surface area (TPSA) is 29.1 Å². The number of benzene rings is 2. The molecule has 1 fully saturated rings. The van der Waals surface area contributed by atoms with Gasteiger partial charge in [0.15, 0.2) is 0 Å². The van der Waals surface area contributed by atoms with E-state index in [0.717, 1.165) is 25.8 Å². The Morgan fingerprint density at radius 1 is 1.11 bits per heavy atom. The van der Waals surface area contributed by atoms with E-state index in [4.69, 9.17) is 0 Å². The summed E-state index contributed by atoms with van der Waals surface area (Å²) in [7, 11) is 0. The van der Waals surface area contributed by atoms with E-state index in [1.165, 1.54) is 22.8 Å². The number of carbonyl (C=O) groups is 1. The average Bonchev–Trinajstić information content (AvgIpc) is 2.37. The number of nitrogens with one attached hydrogen (secondary N) is 1. The third-order valence-corrected chi connectivity index (χ3v) is 4.05. The van der Waals surface area contributed by atoms with Gasteiger partial charge in [0.25, 0.3) is 0 Å². The summed E-state index contributed by atoms with van der Waals surface area (Å²) < 4.78 is 0. The summed E-state index contributed by atoms with van der Waals surface area (Å²) in [5.74, 6) is 0.527. The van der Waals surface area contributed by atoms with Crippen LogP contribution in [0.3, 0.4) is 0 Å². The molecule has 1 N–H and O–H groups in total. The van der Waals surface area contributed by atoms with Crippen LogP contribution in [0.5, 0.6) is 0 Å². The van der Waals surface area contributed by atoms with Crippen molar-refractivity contribution in [1.29, 1.82) is 0 Å². The first-order valence-corrected chi connectivity index (χ1v) is 7.09. The standard InChI is InChI=1S/C17H19NO/c19-17(15-8-4-9-15)18-12-11-14-7-3-6-13-5-1-2-10-16(13)14/h1-3,5-7,10,15H,4,8-9,11-12H2,(H,18,19). The number of amides is 1. The van der Waals surface area contributed by atoms with Crippen molar-refractivity contribution in [2.24, 2.45) is 5.92 Å². The lowest BCUT2D eigenvalue weighted by Crippen LogP contribution is -2.35. The van der Waals surface area contributed by atoms with Gasteiger partial charge in [-0.15, -0.1) is 0 Å². The first-order chi connectivity index (χ1) is 9.34. The molecule has 0 spiro atoms. The Hall–Kier alpha value is -1.83. The molecule has 0 unspecified atom stereocenters. The van der Waals surface area contributed by atoms with Crippen LogP contribution in [-0.2, 0) is 11.2 Å². The van der Waals surface area contributed by atoms with Gasteiger partial charge in [0.05, 0.1) is 0 Å². The van der Waals surface area contributed by atoms with Crippen LogP contribution in [-0.4, -0.2) is 12.5 Å². The zero-order chi connectivity index (χ0) is 13.1. The summed E-state index contributed by atoms with van der Waals surface area (Å²) in [5.41, 5.74) is 1.31. The lowest BCUT2D eigenvalue weighted by Gasteiger charge is -2.24. The predicted octanol–water partition coefficient (Wildman–Crippen LogP) is 3.30. The Balaban J connectivity index is 1.63. The third kappa shape index (κ3) is 2.62. The Morgan fingerprint density at radius 3 is 2.68 bits per heavy atom. The molecule has 1 aliphatic carbocycles. The fourth-order valence-corrected chi connectivity index (χ4v) is 2.65. The second-order valence-electron chi connectivity index (χ2n) is 5.31. The first kappa shape index (κ1) is 12.2. The fraction of sp³-hybridized carbons (Fsp3) is 0.353. The summed E-state index contributed by atoms with van der Waals surface area (Å²) in [5, 5.41) is 5.62. The van der Waals surface area contributed by atoms with E-state index in [1.807, 2.05) is 0 Å². The molecular weight excluding hydrogens is 234 g/mol. The number of carbonyl (C=O) groups excluding carboxylic acids is 1. The number of fused-ring (bicyclic) bond motifs is 1. The highest BCUT2D eigenvalue weighted by molar-refractivity contribution is 5.85. The minimum absolute atomic E-state index is 0.242. The molecule has 1 amide bonds. The fourth-order valence-electron chi connectivity index (χ4n) is 2.65. The maximum Gasteiger partial charge on any atom is 0.223 e. The molecule has 1 saturated carbocycles. The third-order valence-electron chi connectivity index (χ3n) is 4.05. The summed E-state index contributed by atoms with van der Waals surface area (Å²) >= 11 is 0. The van der Waals surface area contributed by atoms with Crippen LogP contribution in [0, 0.1) is 5.92 Å². The van der Waals surface area contributed by atoms with Gasteiger partial charge in [-0.25, -0.2) is 0 Å². The zero-order valence-electron chi connectivity index (χ0n) is 11.1. The molecule has 0 aromatic heterocycles. The van der Waals surface area contributed by atoms with Crippen LogP contribution in [0.1, 0.15) is 24.8 Å². The summed E-state index contributed by atoms with van der Waals surface area (Å²) in [6.07, 6.45) is 4.25. The molecule has 1 aliphatic rings. The maximum atomic E-state index is 11.8. The van der Waals surface area contributed by atoms with Crippen molar-refractivity contribution in [3.63, 3.8) is 0 Å². The van der Waals surface area contributed by atoms with Crippen molar-refractivity contribution in [2.45, 2.75) is 25.7 Å². The van der Waals surface area contributed by atoms with Crippen LogP contribution in [0.2, 0.25) is 0 Å². The van der Waals surface area contributed by atoms with Crippen molar-refractivity contribution >= 4 is 16.7 Å². The summed E-state index contributed by atoms with van der Waals surface area (Å²) in [4.78, 5) is 11.8. The zero-order valence-corrected chi connectivity index (χ0v) is 11.1. The van der Waals surface area contributed by atoms with Crippen molar-refractivity contribution < 1.29 is 4.79 Å². The summed E-state index contributed by atoms with van der Waals surface area (Å²) in [6.45, 7) is 0.739. The molecule has 0 heterocycles. The number of rotatable bonds is 4. The van der Waals surface area contributed by atoms with Crippen LogP contribution >= 0.6 is 0 Å². The van der Waals surface area contributed by atoms with Crippen LogP contribution < -0.4 is 5.32 Å². The molecule has 98 valence electrons. The highest BCUT2D eigenvalue weighted by Gasteiger charge is 2.24. The van der Waals surface area contributed by atoms with Crippen molar-refractivity contribution in [3.8, 4) is 0 Å². The van der Waals surface area contributed by atoms with E-state index in [-0.39, 0.29) is 11.8 Å². The predicted molar refractivity (Wildman–Crippen MR) is 78.0 cm³/mol. The van der Waals surface area contributed by atoms with Crippen LogP contribution in [0.4, 0.5) is 0 Å². The second kappa shape index (κ2) is 5.43. The smallest absolute Gasteiger partial charge is 0.223 e. The SMILES string of the molecule is O=C(NCCc1cccc2ccccc12)C1CCC1. The van der Waals surface area contributed by atoms with E-state index in [2.05, 4.69) is 47.8 Å². The Kier molecular flexibility index (Phi) is 3.49. The number of hydrogen-bond acceptors (Lipinski definition) is 1. The minimum atomic E-state index is 0.242. The quantitative estimate of drug-likeness (QED) is 0.890. The first-order valence-electron chi connectivity index (χ1n) is 7.09. The van der Waals surface area contributed by atoms with Crippen molar-refractivity contribution in [3.05, 3.63) is 48.0 Å². The molecule has 2 heteroatoms. The van der Waals surface area contributed by atoms with Gasteiger partial charge in [0, 0.05) is 12.5 Å². The van der Waals surface area contributed by atoms with Crippen molar-refractivity contribution in [2.75, 3.05) is 6.54 Å². The van der Waals surface area contributed by atoms with Crippen molar-refractivity contribution in [1.82, 2.24) is 5.32 Å². The van der Waals surface area contributed by atoms with Gasteiger partial charge in [-0.2, -0.15) is 0 Å². The Morgan fingerprint density at radius 2 is 1.89 bits per heavy atom. The molecule has 3 rings (SSSR count). The van der Waals surface area contributed by atoms with Gasteiger partial charge in [0.1, 0.15) is 0 Å². The Labute approximate surface area is 113 Å². The van der Waals surface area contributed by atoms with Gasteiger partial charge in [-0.05, 0) is 35.6 Å². The lowest BCUT2D eigenvalue weighted by molar-refractivity contribution is -0.127. The molecular formula is C17H19NO. The molecule has 2 nitrogen and oxygen atoms in total. The van der Waals surface area contributed by atoms with Gasteiger partial charge < -0.3 is 5.32 Å². The van der Waals surface area contributed by atoms with E-state index < -0.39 is 0 Å². The van der Waals surface area contributed by atoms with Gasteiger partial charge in [-0.1, -0.05) is 48.9 Å². The minimum Gasteiger partial charge on any atom is -0.356 e. The Bertz CT molecular complexity index is 581. The van der Waals surface area contributed by atoms with Gasteiger partial charge in [0.2, 0.25) is 5.91 Å². The second-order valence-corrected chi connectivity index (χ2v) is 5.31. The molecule has 0 saturated heterocycles. The number of hydrogen-bond donors (Lipinski definition) is 1. The average molecular weight is 253 g/mol. The molecule has 2 aromatic carbocycles. The molecule has 0 atom stereocenters. The lowest BCUT2D eigenvalue weighted by atomic mass is 9.85. The van der Waals surface area contributed by atoms with E-state index in [0.29, 0.717) is 0 Å². The van der Waals surface area contributed by atoms with E-state index in [9.17, 15) is 4.79 Å². The largest absolute Gasteiger partial charge is 0.356 e. The summed E-state index contributed by atoms with van der Waals surface area (Å²) in [6, 6.07) is 14.8. The van der Waals surface area contributed by atoms with E-state index >= 15 is 0 Å². The monoisotopic (exact) mass is 253 g/mol. The normalized spacial score (nSPS) is 15.2. The molecule has 19 heavy (non-hydrogen) atoms. The maximum absolute atomic E-state index is 11.8. The van der Waals surface area contributed by atoms with E-state index in [1.54, 1.807) is 0 Å². The van der Waals surface area contributed by atoms with Crippen LogP contribution in [0.25, 0.3) is 10.8 Å².